The van der Waals surface area contributed by atoms with E-state index < -0.39 is 0 Å². The van der Waals surface area contributed by atoms with Gasteiger partial charge in [0.25, 0.3) is 0 Å². The van der Waals surface area contributed by atoms with Crippen LogP contribution in [-0.2, 0) is 0 Å². The highest BCUT2D eigenvalue weighted by atomic mass is 15.0. The molecule has 1 heterocycles. The van der Waals surface area contributed by atoms with Crippen molar-refractivity contribution in [3.05, 3.63) is 54.2 Å². The number of anilines is 1. The lowest BCUT2D eigenvalue weighted by Gasteiger charge is -2.07. The molecule has 3 rings (SSSR count). The quantitative estimate of drug-likeness (QED) is 0.768. The molecule has 0 aliphatic carbocycles. The van der Waals surface area contributed by atoms with E-state index in [0.717, 1.165) is 16.3 Å². The monoisotopic (exact) mass is 260 g/mol. The van der Waals surface area contributed by atoms with Crippen molar-refractivity contribution in [3.63, 3.8) is 0 Å². The Kier molecular flexibility index (Phi) is 3.02. The molecule has 4 nitrogen and oxygen atoms in total. The Hall–Kier alpha value is -2.93. The van der Waals surface area contributed by atoms with Gasteiger partial charge in [-0.15, -0.1) is 0 Å². The van der Waals surface area contributed by atoms with Gasteiger partial charge in [-0.25, -0.2) is 9.97 Å². The van der Waals surface area contributed by atoms with Gasteiger partial charge in [-0.05, 0) is 10.8 Å². The highest BCUT2D eigenvalue weighted by Gasteiger charge is 2.09. The van der Waals surface area contributed by atoms with Gasteiger partial charge < -0.3 is 5.32 Å². The lowest BCUT2D eigenvalue weighted by atomic mass is 10.0. The van der Waals surface area contributed by atoms with Gasteiger partial charge in [-0.2, -0.15) is 5.26 Å². The van der Waals surface area contributed by atoms with Crippen molar-refractivity contribution in [1.82, 2.24) is 9.97 Å². The highest BCUT2D eigenvalue weighted by molar-refractivity contribution is 5.95. The summed E-state index contributed by atoms with van der Waals surface area (Å²) < 4.78 is 0. The lowest BCUT2D eigenvalue weighted by Crippen LogP contribution is -1.99. The average Bonchev–Trinajstić information content (AvgIpc) is 2.53. The first-order valence-corrected chi connectivity index (χ1v) is 6.27. The topological polar surface area (TPSA) is 61.6 Å². The van der Waals surface area contributed by atoms with Gasteiger partial charge in [0, 0.05) is 18.7 Å². The van der Waals surface area contributed by atoms with Crippen molar-refractivity contribution < 1.29 is 0 Å². The van der Waals surface area contributed by atoms with Crippen molar-refractivity contribution in [1.29, 1.82) is 5.26 Å². The first-order valence-electron chi connectivity index (χ1n) is 6.27. The molecule has 0 aliphatic rings. The van der Waals surface area contributed by atoms with E-state index in [1.165, 1.54) is 0 Å². The van der Waals surface area contributed by atoms with Crippen LogP contribution < -0.4 is 5.32 Å². The van der Waals surface area contributed by atoms with Crippen LogP contribution in [0, 0.1) is 11.3 Å². The van der Waals surface area contributed by atoms with E-state index in [1.807, 2.05) is 42.5 Å². The van der Waals surface area contributed by atoms with Gasteiger partial charge >= 0.3 is 0 Å². The molecule has 1 aromatic heterocycles. The number of nitrogens with one attached hydrogen (secondary N) is 1. The van der Waals surface area contributed by atoms with Gasteiger partial charge in [-0.3, -0.25) is 0 Å². The Morgan fingerprint density at radius 3 is 2.65 bits per heavy atom. The zero-order chi connectivity index (χ0) is 13.9. The van der Waals surface area contributed by atoms with Crippen LogP contribution in [0.4, 0.5) is 5.82 Å². The summed E-state index contributed by atoms with van der Waals surface area (Å²) in [7, 11) is 1.77. The molecule has 20 heavy (non-hydrogen) atoms. The molecule has 3 aromatic rings. The number of fused-ring (bicyclic) bond motifs is 1. The maximum atomic E-state index is 9.07. The van der Waals surface area contributed by atoms with Crippen LogP contribution >= 0.6 is 0 Å². The molecule has 0 aliphatic heterocycles. The minimum atomic E-state index is 0.354. The smallest absolute Gasteiger partial charge is 0.163 e. The number of hydrogen-bond acceptors (Lipinski definition) is 4. The third-order valence-corrected chi connectivity index (χ3v) is 3.13. The first kappa shape index (κ1) is 12.1. The summed E-state index contributed by atoms with van der Waals surface area (Å²) in [6, 6.07) is 17.8. The van der Waals surface area contributed by atoms with Crippen molar-refractivity contribution in [3.8, 4) is 17.5 Å². The molecule has 0 atom stereocenters. The van der Waals surface area contributed by atoms with Gasteiger partial charge in [0.15, 0.2) is 5.82 Å². The standard InChI is InChI=1S/C16H12N4/c1-18-15-9-12(10-17)19-16(20-15)14-8-4-6-11-5-2-3-7-13(11)14/h2-9H,1H3,(H,18,19,20). The zero-order valence-corrected chi connectivity index (χ0v) is 11.0. The number of rotatable bonds is 2. The van der Waals surface area contributed by atoms with Gasteiger partial charge in [0.05, 0.1) is 0 Å². The maximum Gasteiger partial charge on any atom is 0.163 e. The third kappa shape index (κ3) is 2.06. The molecule has 96 valence electrons. The van der Waals surface area contributed by atoms with Crippen molar-refractivity contribution >= 4 is 16.6 Å². The predicted molar refractivity (Wildman–Crippen MR) is 79.2 cm³/mol. The molecule has 0 amide bonds. The molecule has 1 N–H and O–H groups in total. The average molecular weight is 260 g/mol. The molecule has 0 radical (unpaired) electrons. The fourth-order valence-electron chi connectivity index (χ4n) is 2.17. The summed E-state index contributed by atoms with van der Waals surface area (Å²) >= 11 is 0. The maximum absolute atomic E-state index is 9.07. The van der Waals surface area contributed by atoms with E-state index in [0.29, 0.717) is 17.3 Å². The third-order valence-electron chi connectivity index (χ3n) is 3.13. The molecule has 4 heteroatoms. The second-order valence-electron chi connectivity index (χ2n) is 4.35. The molecule has 0 bridgehead atoms. The number of aromatic nitrogens is 2. The molecule has 2 aromatic carbocycles. The minimum Gasteiger partial charge on any atom is -0.373 e. The molecule has 0 unspecified atom stereocenters. The fraction of sp³-hybridized carbons (Fsp3) is 0.0625. The Balaban J connectivity index is 2.28. The molecule has 0 saturated heterocycles. The van der Waals surface area contributed by atoms with Crippen molar-refractivity contribution in [2.24, 2.45) is 0 Å². The Morgan fingerprint density at radius 1 is 1.05 bits per heavy atom. The molecular formula is C16H12N4. The number of hydrogen-bond donors (Lipinski definition) is 1. The van der Waals surface area contributed by atoms with E-state index in [4.69, 9.17) is 5.26 Å². The summed E-state index contributed by atoms with van der Waals surface area (Å²) in [6.07, 6.45) is 0. The van der Waals surface area contributed by atoms with E-state index in [1.54, 1.807) is 13.1 Å². The number of nitrogens with zero attached hydrogens (tertiary/aromatic N) is 3. The summed E-state index contributed by atoms with van der Waals surface area (Å²) in [6.45, 7) is 0. The zero-order valence-electron chi connectivity index (χ0n) is 11.0. The second-order valence-corrected chi connectivity index (χ2v) is 4.35. The van der Waals surface area contributed by atoms with E-state index >= 15 is 0 Å². The van der Waals surface area contributed by atoms with Crippen LogP contribution in [0.2, 0.25) is 0 Å². The highest BCUT2D eigenvalue weighted by Crippen LogP contribution is 2.26. The lowest BCUT2D eigenvalue weighted by molar-refractivity contribution is 1.14. The van der Waals surface area contributed by atoms with Crippen LogP contribution in [0.5, 0.6) is 0 Å². The minimum absolute atomic E-state index is 0.354. The van der Waals surface area contributed by atoms with Crippen LogP contribution in [0.15, 0.2) is 48.5 Å². The van der Waals surface area contributed by atoms with Gasteiger partial charge in [0.1, 0.15) is 17.6 Å². The van der Waals surface area contributed by atoms with E-state index in [9.17, 15) is 0 Å². The van der Waals surface area contributed by atoms with Gasteiger partial charge in [0.2, 0.25) is 0 Å². The number of benzene rings is 2. The van der Waals surface area contributed by atoms with E-state index in [2.05, 4.69) is 21.4 Å². The molecule has 0 fully saturated rings. The predicted octanol–water partition coefficient (Wildman–Crippen LogP) is 3.21. The Labute approximate surface area is 116 Å². The summed E-state index contributed by atoms with van der Waals surface area (Å²) in [5.41, 5.74) is 1.28. The molecule has 0 spiro atoms. The summed E-state index contributed by atoms with van der Waals surface area (Å²) in [5, 5.41) is 14.2. The summed E-state index contributed by atoms with van der Waals surface area (Å²) in [5.74, 6) is 1.20. The largest absolute Gasteiger partial charge is 0.373 e. The van der Waals surface area contributed by atoms with Crippen LogP contribution in [-0.4, -0.2) is 17.0 Å². The van der Waals surface area contributed by atoms with Crippen LogP contribution in [0.1, 0.15) is 5.69 Å². The fourth-order valence-corrected chi connectivity index (χ4v) is 2.17. The Bertz CT molecular complexity index is 813. The van der Waals surface area contributed by atoms with Crippen LogP contribution in [0.3, 0.4) is 0 Å². The second kappa shape index (κ2) is 4.98. The first-order chi connectivity index (χ1) is 9.81. The SMILES string of the molecule is CNc1cc(C#N)nc(-c2cccc3ccccc23)n1. The normalized spacial score (nSPS) is 10.2. The summed E-state index contributed by atoms with van der Waals surface area (Å²) in [4.78, 5) is 8.75. The van der Waals surface area contributed by atoms with Crippen molar-refractivity contribution in [2.75, 3.05) is 12.4 Å². The van der Waals surface area contributed by atoms with Gasteiger partial charge in [-0.1, -0.05) is 42.5 Å². The van der Waals surface area contributed by atoms with Crippen molar-refractivity contribution in [2.45, 2.75) is 0 Å². The van der Waals surface area contributed by atoms with E-state index in [-0.39, 0.29) is 0 Å². The Morgan fingerprint density at radius 2 is 1.85 bits per heavy atom. The molecular weight excluding hydrogens is 248 g/mol. The number of nitriles is 1. The molecule has 0 saturated carbocycles. The van der Waals surface area contributed by atoms with Crippen LogP contribution in [0.25, 0.3) is 22.2 Å².